The van der Waals surface area contributed by atoms with Crippen LogP contribution in [0.15, 0.2) is 47.6 Å². The molecule has 0 unspecified atom stereocenters. The molecule has 1 aromatic heterocycles. The number of para-hydroxylation sites is 2. The summed E-state index contributed by atoms with van der Waals surface area (Å²) >= 11 is 13.2. The molecule has 0 fully saturated rings. The van der Waals surface area contributed by atoms with Gasteiger partial charge >= 0.3 is 0 Å². The van der Waals surface area contributed by atoms with E-state index >= 15 is 0 Å². The Balaban J connectivity index is 1.64. The van der Waals surface area contributed by atoms with Crippen LogP contribution in [0, 0.1) is 0 Å². The van der Waals surface area contributed by atoms with Crippen molar-refractivity contribution in [3.8, 4) is 5.75 Å². The number of benzene rings is 2. The van der Waals surface area contributed by atoms with Crippen LogP contribution in [-0.4, -0.2) is 39.4 Å². The third kappa shape index (κ3) is 6.19. The van der Waals surface area contributed by atoms with Crippen molar-refractivity contribution in [2.75, 3.05) is 18.2 Å². The van der Waals surface area contributed by atoms with E-state index in [0.717, 1.165) is 0 Å². The number of ether oxygens (including phenoxy) is 1. The molecule has 11 heteroatoms. The molecule has 0 saturated heterocycles. The molecule has 174 valence electrons. The molecule has 0 saturated carbocycles. The van der Waals surface area contributed by atoms with Gasteiger partial charge < -0.3 is 19.9 Å². The average molecular weight is 508 g/mol. The monoisotopic (exact) mass is 507 g/mol. The predicted octanol–water partition coefficient (Wildman–Crippen LogP) is 4.84. The van der Waals surface area contributed by atoms with Gasteiger partial charge in [-0.25, -0.2) is 0 Å². The molecule has 0 bridgehead atoms. The standard InChI is InChI=1S/C22H23Cl2N5O3S/c1-4-29-20(13(2)25-21(31)14-9-10-15(23)16(24)11-14)27-28-22(29)33-12-19(30)26-17-7-5-6-8-18(17)32-3/h5-11,13H,4,12H2,1-3H3,(H,25,31)(H,26,30)/t13-/m1/s1. The molecule has 8 nitrogen and oxygen atoms in total. The summed E-state index contributed by atoms with van der Waals surface area (Å²) in [6, 6.07) is 11.5. The first-order valence-corrected chi connectivity index (χ1v) is 11.8. The summed E-state index contributed by atoms with van der Waals surface area (Å²) in [5.41, 5.74) is 0.989. The highest BCUT2D eigenvalue weighted by molar-refractivity contribution is 7.99. The van der Waals surface area contributed by atoms with Crippen LogP contribution in [0.3, 0.4) is 0 Å². The highest BCUT2D eigenvalue weighted by Crippen LogP contribution is 2.26. The number of amides is 2. The molecule has 1 atom stereocenters. The Morgan fingerprint density at radius 3 is 2.61 bits per heavy atom. The van der Waals surface area contributed by atoms with Gasteiger partial charge in [-0.15, -0.1) is 10.2 Å². The maximum Gasteiger partial charge on any atom is 0.251 e. The lowest BCUT2D eigenvalue weighted by Crippen LogP contribution is -2.28. The minimum atomic E-state index is -0.420. The zero-order valence-electron chi connectivity index (χ0n) is 18.3. The summed E-state index contributed by atoms with van der Waals surface area (Å²) < 4.78 is 7.12. The molecule has 0 aliphatic carbocycles. The molecule has 2 N–H and O–H groups in total. The second kappa shape index (κ2) is 11.4. The normalized spacial score (nSPS) is 11.7. The molecule has 33 heavy (non-hydrogen) atoms. The fourth-order valence-electron chi connectivity index (χ4n) is 3.07. The summed E-state index contributed by atoms with van der Waals surface area (Å²) in [6.45, 7) is 4.33. The number of thioether (sulfide) groups is 1. The van der Waals surface area contributed by atoms with Crippen molar-refractivity contribution < 1.29 is 14.3 Å². The van der Waals surface area contributed by atoms with Gasteiger partial charge in [-0.05, 0) is 44.2 Å². The van der Waals surface area contributed by atoms with Gasteiger partial charge in [0.05, 0.1) is 34.6 Å². The van der Waals surface area contributed by atoms with Crippen molar-refractivity contribution in [2.24, 2.45) is 0 Å². The summed E-state index contributed by atoms with van der Waals surface area (Å²) in [6.07, 6.45) is 0. The molecule has 3 rings (SSSR count). The van der Waals surface area contributed by atoms with E-state index in [1.165, 1.54) is 17.8 Å². The van der Waals surface area contributed by atoms with Crippen LogP contribution in [0.4, 0.5) is 5.69 Å². The number of nitrogens with one attached hydrogen (secondary N) is 2. The van der Waals surface area contributed by atoms with Gasteiger partial charge in [-0.2, -0.15) is 0 Å². The van der Waals surface area contributed by atoms with Gasteiger partial charge in [-0.1, -0.05) is 47.1 Å². The van der Waals surface area contributed by atoms with E-state index in [1.807, 2.05) is 30.5 Å². The Kier molecular flexibility index (Phi) is 8.60. The fraction of sp³-hybridized carbons (Fsp3) is 0.273. The number of methoxy groups -OCH3 is 1. The number of hydrogen-bond acceptors (Lipinski definition) is 6. The quantitative estimate of drug-likeness (QED) is 0.402. The first-order chi connectivity index (χ1) is 15.8. The van der Waals surface area contributed by atoms with Crippen LogP contribution in [0.25, 0.3) is 0 Å². The van der Waals surface area contributed by atoms with Gasteiger partial charge in [0, 0.05) is 12.1 Å². The first-order valence-electron chi connectivity index (χ1n) is 10.1. The number of carbonyl (C=O) groups is 2. The lowest BCUT2D eigenvalue weighted by Gasteiger charge is -2.15. The maximum atomic E-state index is 12.6. The highest BCUT2D eigenvalue weighted by Gasteiger charge is 2.20. The second-order valence-electron chi connectivity index (χ2n) is 6.95. The van der Waals surface area contributed by atoms with Crippen molar-refractivity contribution >= 4 is 52.5 Å². The third-order valence-corrected chi connectivity index (χ3v) is 6.40. The molecule has 1 heterocycles. The first kappa shape index (κ1) is 24.9. The van der Waals surface area contributed by atoms with E-state index in [4.69, 9.17) is 27.9 Å². The topological polar surface area (TPSA) is 98.1 Å². The van der Waals surface area contributed by atoms with Crippen molar-refractivity contribution in [2.45, 2.75) is 31.6 Å². The lowest BCUT2D eigenvalue weighted by atomic mass is 10.2. The minimum absolute atomic E-state index is 0.139. The Morgan fingerprint density at radius 2 is 1.91 bits per heavy atom. The van der Waals surface area contributed by atoms with E-state index < -0.39 is 6.04 Å². The Bertz CT molecular complexity index is 1150. The van der Waals surface area contributed by atoms with Crippen LogP contribution in [0.1, 0.15) is 36.1 Å². The van der Waals surface area contributed by atoms with Gasteiger partial charge in [0.2, 0.25) is 5.91 Å². The van der Waals surface area contributed by atoms with E-state index in [0.29, 0.717) is 44.6 Å². The second-order valence-corrected chi connectivity index (χ2v) is 8.70. The van der Waals surface area contributed by atoms with E-state index in [2.05, 4.69) is 20.8 Å². The van der Waals surface area contributed by atoms with Crippen molar-refractivity contribution in [1.82, 2.24) is 20.1 Å². The minimum Gasteiger partial charge on any atom is -0.495 e. The molecule has 2 amide bonds. The van der Waals surface area contributed by atoms with Crippen molar-refractivity contribution in [3.63, 3.8) is 0 Å². The zero-order chi connectivity index (χ0) is 24.0. The molecule has 0 spiro atoms. The number of aromatic nitrogens is 3. The molecule has 0 aliphatic heterocycles. The molecular formula is C22H23Cl2N5O3S. The largest absolute Gasteiger partial charge is 0.495 e. The van der Waals surface area contributed by atoms with Gasteiger partial charge in [0.1, 0.15) is 5.75 Å². The fourth-order valence-corrected chi connectivity index (χ4v) is 4.18. The Hall–Kier alpha value is -2.75. The maximum absolute atomic E-state index is 12.6. The van der Waals surface area contributed by atoms with Gasteiger partial charge in [0.15, 0.2) is 11.0 Å². The van der Waals surface area contributed by atoms with Crippen LogP contribution < -0.4 is 15.4 Å². The SMILES string of the molecule is CCn1c(SCC(=O)Nc2ccccc2OC)nnc1[C@@H](C)NC(=O)c1ccc(Cl)c(Cl)c1. The Labute approximate surface area is 206 Å². The van der Waals surface area contributed by atoms with E-state index in [1.54, 1.807) is 31.4 Å². The Morgan fingerprint density at radius 1 is 1.15 bits per heavy atom. The number of nitrogens with zero attached hydrogens (tertiary/aromatic N) is 3. The third-order valence-electron chi connectivity index (χ3n) is 4.69. The van der Waals surface area contributed by atoms with Gasteiger partial charge in [-0.3, -0.25) is 9.59 Å². The van der Waals surface area contributed by atoms with Crippen LogP contribution >= 0.6 is 35.0 Å². The number of hydrogen-bond donors (Lipinski definition) is 2. The summed E-state index contributed by atoms with van der Waals surface area (Å²) in [4.78, 5) is 25.0. The molecule has 3 aromatic rings. The summed E-state index contributed by atoms with van der Waals surface area (Å²) in [5.74, 6) is 0.801. The van der Waals surface area contributed by atoms with Crippen molar-refractivity contribution in [3.05, 3.63) is 63.9 Å². The average Bonchev–Trinajstić information content (AvgIpc) is 3.23. The predicted molar refractivity (Wildman–Crippen MR) is 130 cm³/mol. The smallest absolute Gasteiger partial charge is 0.251 e. The molecule has 0 radical (unpaired) electrons. The number of anilines is 1. The van der Waals surface area contributed by atoms with Crippen molar-refractivity contribution in [1.29, 1.82) is 0 Å². The van der Waals surface area contributed by atoms with Gasteiger partial charge in [0.25, 0.3) is 5.91 Å². The highest BCUT2D eigenvalue weighted by atomic mass is 35.5. The lowest BCUT2D eigenvalue weighted by molar-refractivity contribution is -0.113. The van der Waals surface area contributed by atoms with E-state index in [9.17, 15) is 9.59 Å². The summed E-state index contributed by atoms with van der Waals surface area (Å²) in [7, 11) is 1.55. The number of rotatable bonds is 9. The summed E-state index contributed by atoms with van der Waals surface area (Å²) in [5, 5.41) is 15.4. The van der Waals surface area contributed by atoms with Crippen LogP contribution in [0.5, 0.6) is 5.75 Å². The van der Waals surface area contributed by atoms with Crippen LogP contribution in [-0.2, 0) is 11.3 Å². The van der Waals surface area contributed by atoms with E-state index in [-0.39, 0.29) is 17.6 Å². The number of halogens is 2. The molecular weight excluding hydrogens is 485 g/mol. The number of carbonyl (C=O) groups excluding carboxylic acids is 2. The molecule has 0 aliphatic rings. The molecule has 2 aromatic carbocycles. The van der Waals surface area contributed by atoms with Crippen LogP contribution in [0.2, 0.25) is 10.0 Å². The zero-order valence-corrected chi connectivity index (χ0v) is 20.6.